The zero-order valence-electron chi connectivity index (χ0n) is 12.8. The van der Waals surface area contributed by atoms with Crippen molar-refractivity contribution >= 4 is 5.97 Å². The van der Waals surface area contributed by atoms with Crippen LogP contribution in [0.25, 0.3) is 0 Å². The van der Waals surface area contributed by atoms with Crippen LogP contribution in [0.3, 0.4) is 0 Å². The summed E-state index contributed by atoms with van der Waals surface area (Å²) in [4.78, 5) is 13.0. The van der Waals surface area contributed by atoms with Crippen LogP contribution in [-0.2, 0) is 17.8 Å². The molecule has 0 radical (unpaired) electrons. The normalized spacial score (nSPS) is 10.9. The predicted octanol–water partition coefficient (Wildman–Crippen LogP) is 3.72. The van der Waals surface area contributed by atoms with Crippen LogP contribution in [0.4, 0.5) is 0 Å². The molecule has 0 unspecified atom stereocenters. The second-order valence-electron chi connectivity index (χ2n) is 5.34. The van der Waals surface area contributed by atoms with Crippen LogP contribution in [-0.4, -0.2) is 29.1 Å². The second-order valence-corrected chi connectivity index (χ2v) is 5.34. The Morgan fingerprint density at radius 3 is 2.10 bits per heavy atom. The summed E-state index contributed by atoms with van der Waals surface area (Å²) in [5, 5.41) is 8.63. The molecule has 3 heteroatoms. The molecule has 3 nitrogen and oxygen atoms in total. The van der Waals surface area contributed by atoms with Gasteiger partial charge in [0.25, 0.3) is 0 Å². The first-order valence-corrected chi connectivity index (χ1v) is 7.67. The van der Waals surface area contributed by atoms with E-state index in [1.807, 2.05) is 0 Å². The molecule has 1 rings (SSSR count). The van der Waals surface area contributed by atoms with Crippen molar-refractivity contribution in [3.8, 4) is 0 Å². The van der Waals surface area contributed by atoms with E-state index in [1.165, 1.54) is 24.0 Å². The van der Waals surface area contributed by atoms with E-state index in [0.29, 0.717) is 6.42 Å². The number of benzene rings is 1. The average Bonchev–Trinajstić information content (AvgIpc) is 2.41. The van der Waals surface area contributed by atoms with Crippen LogP contribution in [0.5, 0.6) is 0 Å². The lowest BCUT2D eigenvalue weighted by Gasteiger charge is -2.21. The highest BCUT2D eigenvalue weighted by atomic mass is 16.4. The van der Waals surface area contributed by atoms with E-state index < -0.39 is 5.97 Å². The van der Waals surface area contributed by atoms with Gasteiger partial charge in [-0.05, 0) is 49.9 Å². The molecular weight excluding hydrogens is 250 g/mol. The summed E-state index contributed by atoms with van der Waals surface area (Å²) in [6.45, 7) is 7.74. The van der Waals surface area contributed by atoms with Crippen LogP contribution in [0.1, 0.15) is 50.7 Å². The van der Waals surface area contributed by atoms with Crippen molar-refractivity contribution in [3.05, 3.63) is 35.4 Å². The Kier molecular flexibility index (Phi) is 7.97. The molecule has 0 saturated carbocycles. The number of rotatable bonds is 10. The minimum atomic E-state index is -0.712. The fourth-order valence-corrected chi connectivity index (χ4v) is 2.42. The van der Waals surface area contributed by atoms with Gasteiger partial charge in [-0.15, -0.1) is 0 Å². The largest absolute Gasteiger partial charge is 0.481 e. The van der Waals surface area contributed by atoms with Crippen molar-refractivity contribution in [3.63, 3.8) is 0 Å². The van der Waals surface area contributed by atoms with Crippen molar-refractivity contribution in [1.82, 2.24) is 4.90 Å². The van der Waals surface area contributed by atoms with Gasteiger partial charge in [-0.25, -0.2) is 0 Å². The van der Waals surface area contributed by atoms with Gasteiger partial charge in [0.05, 0.1) is 0 Å². The topological polar surface area (TPSA) is 40.5 Å². The third-order valence-electron chi connectivity index (χ3n) is 3.36. The summed E-state index contributed by atoms with van der Waals surface area (Å²) >= 11 is 0. The molecule has 0 aliphatic rings. The van der Waals surface area contributed by atoms with Crippen LogP contribution in [0.2, 0.25) is 0 Å². The smallest absolute Gasteiger partial charge is 0.303 e. The van der Waals surface area contributed by atoms with Crippen molar-refractivity contribution in [1.29, 1.82) is 0 Å². The van der Waals surface area contributed by atoms with E-state index >= 15 is 0 Å². The van der Waals surface area contributed by atoms with Gasteiger partial charge in [0.1, 0.15) is 0 Å². The summed E-state index contributed by atoms with van der Waals surface area (Å²) in [6, 6.07) is 8.61. The number of hydrogen-bond donors (Lipinski definition) is 1. The Balaban J connectivity index is 2.46. The van der Waals surface area contributed by atoms with Gasteiger partial charge in [-0.1, -0.05) is 38.1 Å². The molecule has 0 bridgehead atoms. The summed E-state index contributed by atoms with van der Waals surface area (Å²) in [7, 11) is 0. The molecule has 0 saturated heterocycles. The Hall–Kier alpha value is -1.35. The lowest BCUT2D eigenvalue weighted by Crippen LogP contribution is -2.24. The van der Waals surface area contributed by atoms with E-state index in [-0.39, 0.29) is 6.42 Å². The van der Waals surface area contributed by atoms with E-state index in [4.69, 9.17) is 5.11 Å². The molecule has 20 heavy (non-hydrogen) atoms. The highest BCUT2D eigenvalue weighted by Gasteiger charge is 2.04. The number of carboxylic acids is 1. The Bertz CT molecular complexity index is 380. The maximum atomic E-state index is 10.5. The monoisotopic (exact) mass is 277 g/mol. The molecule has 0 aliphatic heterocycles. The van der Waals surface area contributed by atoms with Crippen molar-refractivity contribution in [2.75, 3.05) is 13.1 Å². The maximum absolute atomic E-state index is 10.5. The third-order valence-corrected chi connectivity index (χ3v) is 3.36. The lowest BCUT2D eigenvalue weighted by atomic mass is 10.1. The quantitative estimate of drug-likeness (QED) is 0.708. The molecule has 0 atom stereocenters. The first kappa shape index (κ1) is 16.7. The van der Waals surface area contributed by atoms with E-state index in [2.05, 4.69) is 43.0 Å². The maximum Gasteiger partial charge on any atom is 0.303 e. The Morgan fingerprint density at radius 2 is 1.60 bits per heavy atom. The fraction of sp³-hybridized carbons (Fsp3) is 0.588. The van der Waals surface area contributed by atoms with Crippen LogP contribution < -0.4 is 0 Å². The molecule has 112 valence electrons. The number of nitrogens with zero attached hydrogens (tertiary/aromatic N) is 1. The highest BCUT2D eigenvalue weighted by Crippen LogP contribution is 2.11. The van der Waals surface area contributed by atoms with E-state index in [9.17, 15) is 4.79 Å². The Morgan fingerprint density at radius 1 is 1.05 bits per heavy atom. The summed E-state index contributed by atoms with van der Waals surface area (Å²) in [5.41, 5.74) is 2.57. The van der Waals surface area contributed by atoms with Crippen LogP contribution in [0, 0.1) is 0 Å². The summed E-state index contributed by atoms with van der Waals surface area (Å²) < 4.78 is 0. The first-order valence-electron chi connectivity index (χ1n) is 7.67. The van der Waals surface area contributed by atoms with Gasteiger partial charge >= 0.3 is 5.97 Å². The molecule has 0 spiro atoms. The number of hydrogen-bond acceptors (Lipinski definition) is 2. The first-order chi connectivity index (χ1) is 9.65. The third kappa shape index (κ3) is 6.71. The van der Waals surface area contributed by atoms with Crippen molar-refractivity contribution in [2.45, 2.75) is 52.5 Å². The van der Waals surface area contributed by atoms with E-state index in [0.717, 1.165) is 26.1 Å². The second kappa shape index (κ2) is 9.54. The van der Waals surface area contributed by atoms with Crippen LogP contribution in [0.15, 0.2) is 24.3 Å². The molecule has 0 aliphatic carbocycles. The van der Waals surface area contributed by atoms with Gasteiger partial charge in [0.2, 0.25) is 0 Å². The average molecular weight is 277 g/mol. The molecule has 0 fully saturated rings. The molecule has 0 amide bonds. The number of carbonyl (C=O) groups is 1. The molecule has 1 N–H and O–H groups in total. The van der Waals surface area contributed by atoms with Gasteiger partial charge in [0, 0.05) is 13.0 Å². The van der Waals surface area contributed by atoms with E-state index in [1.54, 1.807) is 0 Å². The zero-order chi connectivity index (χ0) is 14.8. The van der Waals surface area contributed by atoms with Crippen molar-refractivity contribution < 1.29 is 9.90 Å². The standard InChI is InChI=1S/C17H27NO2/c1-3-12-18(13-4-2)14-16-10-8-15(9-11-16)6-5-7-17(19)20/h8-11H,3-7,12-14H2,1-2H3,(H,19,20). The van der Waals surface area contributed by atoms with Gasteiger partial charge in [-0.3, -0.25) is 9.69 Å². The fourth-order valence-electron chi connectivity index (χ4n) is 2.42. The van der Waals surface area contributed by atoms with Gasteiger partial charge < -0.3 is 5.11 Å². The molecular formula is C17H27NO2. The molecule has 0 heterocycles. The minimum Gasteiger partial charge on any atom is -0.481 e. The lowest BCUT2D eigenvalue weighted by molar-refractivity contribution is -0.137. The molecule has 1 aromatic rings. The minimum absolute atomic E-state index is 0.253. The van der Waals surface area contributed by atoms with Crippen LogP contribution >= 0.6 is 0 Å². The number of aryl methyl sites for hydroxylation is 1. The SMILES string of the molecule is CCCN(CCC)Cc1ccc(CCCC(=O)O)cc1. The molecule has 1 aromatic carbocycles. The molecule has 0 aromatic heterocycles. The highest BCUT2D eigenvalue weighted by molar-refractivity contribution is 5.66. The zero-order valence-corrected chi connectivity index (χ0v) is 12.8. The predicted molar refractivity (Wildman–Crippen MR) is 82.9 cm³/mol. The van der Waals surface area contributed by atoms with Gasteiger partial charge in [0.15, 0.2) is 0 Å². The van der Waals surface area contributed by atoms with Crippen molar-refractivity contribution in [2.24, 2.45) is 0 Å². The number of carboxylic acid groups (broad SMARTS) is 1. The number of aliphatic carboxylic acids is 1. The van der Waals surface area contributed by atoms with Gasteiger partial charge in [-0.2, -0.15) is 0 Å². The summed E-state index contributed by atoms with van der Waals surface area (Å²) in [5.74, 6) is -0.712. The summed E-state index contributed by atoms with van der Waals surface area (Å²) in [6.07, 6.45) is 4.19. The Labute approximate surface area is 122 Å².